The molecule has 1 atom stereocenters. The molecular formula is C17H28N2O3S. The van der Waals surface area contributed by atoms with E-state index in [1.54, 1.807) is 0 Å². The van der Waals surface area contributed by atoms with Crippen molar-refractivity contribution in [2.24, 2.45) is 0 Å². The van der Waals surface area contributed by atoms with Crippen molar-refractivity contribution in [1.29, 1.82) is 0 Å². The van der Waals surface area contributed by atoms with Gasteiger partial charge in [-0.2, -0.15) is 0 Å². The number of carbonyl (C=O) groups is 1. The lowest BCUT2D eigenvalue weighted by atomic mass is 9.94. The molecule has 1 saturated carbocycles. The van der Waals surface area contributed by atoms with Crippen molar-refractivity contribution in [2.45, 2.75) is 70.5 Å². The van der Waals surface area contributed by atoms with Gasteiger partial charge in [0.05, 0.1) is 17.7 Å². The third-order valence-electron chi connectivity index (χ3n) is 4.32. The molecule has 1 unspecified atom stereocenters. The van der Waals surface area contributed by atoms with Crippen LogP contribution in [0.25, 0.3) is 0 Å². The molecule has 130 valence electrons. The van der Waals surface area contributed by atoms with E-state index in [1.807, 2.05) is 19.2 Å². The van der Waals surface area contributed by atoms with Gasteiger partial charge in [0.25, 0.3) is 0 Å². The minimum absolute atomic E-state index is 0.0338. The molecule has 6 heteroatoms. The number of aromatic nitrogens is 1. The molecule has 2 rings (SSSR count). The molecule has 1 aliphatic rings. The van der Waals surface area contributed by atoms with Crippen LogP contribution in [0.3, 0.4) is 0 Å². The predicted octanol–water partition coefficient (Wildman–Crippen LogP) is 2.98. The Hall–Kier alpha value is -0.980. The molecule has 0 bridgehead atoms. The molecule has 1 aromatic heterocycles. The van der Waals surface area contributed by atoms with Crippen LogP contribution >= 0.6 is 11.3 Å². The fourth-order valence-electron chi connectivity index (χ4n) is 2.97. The quantitative estimate of drug-likeness (QED) is 0.749. The molecule has 0 saturated heterocycles. The second kappa shape index (κ2) is 8.76. The lowest BCUT2D eigenvalue weighted by molar-refractivity contribution is -0.121. The largest absolute Gasteiger partial charge is 0.388 e. The van der Waals surface area contributed by atoms with Crippen LogP contribution in [0.5, 0.6) is 0 Å². The lowest BCUT2D eigenvalue weighted by Gasteiger charge is -2.26. The maximum Gasteiger partial charge on any atom is 0.226 e. The lowest BCUT2D eigenvalue weighted by Crippen LogP contribution is -2.43. The highest BCUT2D eigenvalue weighted by Crippen LogP contribution is 2.26. The molecule has 5 nitrogen and oxygen atoms in total. The van der Waals surface area contributed by atoms with Gasteiger partial charge in [-0.15, -0.1) is 11.3 Å². The second-order valence-corrected chi connectivity index (χ2v) is 7.26. The van der Waals surface area contributed by atoms with Gasteiger partial charge in [0.15, 0.2) is 0 Å². The van der Waals surface area contributed by atoms with Crippen LogP contribution in [0, 0.1) is 0 Å². The molecule has 1 aromatic rings. The Bertz CT molecular complexity index is 496. The Labute approximate surface area is 142 Å². The molecule has 0 spiro atoms. The Morgan fingerprint density at radius 3 is 2.78 bits per heavy atom. The molecule has 1 fully saturated rings. The van der Waals surface area contributed by atoms with E-state index in [0.29, 0.717) is 13.2 Å². The van der Waals surface area contributed by atoms with Crippen LogP contribution in [-0.4, -0.2) is 34.8 Å². The summed E-state index contributed by atoms with van der Waals surface area (Å²) in [6.45, 7) is 4.91. The first-order chi connectivity index (χ1) is 11.0. The number of aliphatic hydroxyl groups is 1. The summed E-state index contributed by atoms with van der Waals surface area (Å²) in [4.78, 5) is 16.6. The number of amides is 1. The summed E-state index contributed by atoms with van der Waals surface area (Å²) in [5.74, 6) is -0.0800. The number of thiazole rings is 1. The highest BCUT2D eigenvalue weighted by Gasteiger charge is 2.28. The zero-order valence-corrected chi connectivity index (χ0v) is 15.0. The molecule has 1 heterocycles. The summed E-state index contributed by atoms with van der Waals surface area (Å²) in [6, 6.07) is 0. The summed E-state index contributed by atoms with van der Waals surface area (Å²) in [6.07, 6.45) is 6.21. The number of nitrogens with zero attached hydrogens (tertiary/aromatic N) is 1. The summed E-state index contributed by atoms with van der Waals surface area (Å²) >= 11 is 1.52. The average molecular weight is 340 g/mol. The first-order valence-corrected chi connectivity index (χ1v) is 9.45. The summed E-state index contributed by atoms with van der Waals surface area (Å²) in [7, 11) is 0. The van der Waals surface area contributed by atoms with E-state index in [1.165, 1.54) is 24.2 Å². The average Bonchev–Trinajstić information content (AvgIpc) is 2.87. The van der Waals surface area contributed by atoms with Crippen molar-refractivity contribution in [3.63, 3.8) is 0 Å². The van der Waals surface area contributed by atoms with Crippen LogP contribution in [-0.2, 0) is 16.0 Å². The van der Waals surface area contributed by atoms with Gasteiger partial charge in [-0.25, -0.2) is 4.98 Å². The smallest absolute Gasteiger partial charge is 0.226 e. The second-order valence-electron chi connectivity index (χ2n) is 6.37. The molecule has 2 N–H and O–H groups in total. The van der Waals surface area contributed by atoms with Crippen LogP contribution in [0.4, 0.5) is 0 Å². The number of ether oxygens (including phenoxy) is 1. The highest BCUT2D eigenvalue weighted by molar-refractivity contribution is 7.09. The minimum Gasteiger partial charge on any atom is -0.388 e. The minimum atomic E-state index is -0.733. The van der Waals surface area contributed by atoms with Crippen molar-refractivity contribution < 1.29 is 14.6 Å². The Morgan fingerprint density at radius 1 is 1.43 bits per heavy atom. The molecule has 1 aliphatic carbocycles. The fourth-order valence-corrected chi connectivity index (χ4v) is 3.79. The van der Waals surface area contributed by atoms with Gasteiger partial charge >= 0.3 is 0 Å². The normalized spacial score (nSPS) is 19.1. The van der Waals surface area contributed by atoms with E-state index >= 15 is 0 Å². The Morgan fingerprint density at radius 2 is 2.13 bits per heavy atom. The number of carbonyl (C=O) groups excluding carboxylic acids is 1. The van der Waals surface area contributed by atoms with E-state index in [-0.39, 0.29) is 18.4 Å². The Balaban J connectivity index is 1.80. The van der Waals surface area contributed by atoms with E-state index in [9.17, 15) is 9.90 Å². The van der Waals surface area contributed by atoms with Crippen molar-refractivity contribution in [1.82, 2.24) is 10.3 Å². The summed E-state index contributed by atoms with van der Waals surface area (Å²) < 4.78 is 5.51. The number of rotatable bonds is 7. The zero-order valence-electron chi connectivity index (χ0n) is 14.1. The van der Waals surface area contributed by atoms with Gasteiger partial charge in [0.2, 0.25) is 5.91 Å². The fraction of sp³-hybridized carbons (Fsp3) is 0.765. The van der Waals surface area contributed by atoms with E-state index in [4.69, 9.17) is 4.74 Å². The van der Waals surface area contributed by atoms with Gasteiger partial charge in [-0.1, -0.05) is 25.7 Å². The van der Waals surface area contributed by atoms with Crippen LogP contribution < -0.4 is 5.32 Å². The topological polar surface area (TPSA) is 71.5 Å². The van der Waals surface area contributed by atoms with Crippen LogP contribution in [0.15, 0.2) is 5.38 Å². The van der Waals surface area contributed by atoms with Gasteiger partial charge in [0.1, 0.15) is 11.1 Å². The van der Waals surface area contributed by atoms with Crippen molar-refractivity contribution in [3.8, 4) is 0 Å². The van der Waals surface area contributed by atoms with Gasteiger partial charge in [0, 0.05) is 18.5 Å². The predicted molar refractivity (Wildman–Crippen MR) is 91.5 cm³/mol. The third kappa shape index (κ3) is 5.86. The SMILES string of the molecule is CCOC(C)c1nc(CC(=O)NCC2(O)CCCCCC2)cs1. The van der Waals surface area contributed by atoms with Gasteiger partial charge < -0.3 is 15.2 Å². The van der Waals surface area contributed by atoms with E-state index < -0.39 is 5.60 Å². The van der Waals surface area contributed by atoms with E-state index in [2.05, 4.69) is 10.3 Å². The zero-order chi connectivity index (χ0) is 16.7. The molecule has 0 aromatic carbocycles. The molecule has 0 radical (unpaired) electrons. The molecule has 0 aliphatic heterocycles. The van der Waals surface area contributed by atoms with Crippen LogP contribution in [0.2, 0.25) is 0 Å². The van der Waals surface area contributed by atoms with Crippen LogP contribution in [0.1, 0.15) is 69.2 Å². The first kappa shape index (κ1) is 18.4. The van der Waals surface area contributed by atoms with Gasteiger partial charge in [-0.05, 0) is 26.7 Å². The maximum atomic E-state index is 12.1. The monoisotopic (exact) mass is 340 g/mol. The number of nitrogens with one attached hydrogen (secondary N) is 1. The maximum absolute atomic E-state index is 12.1. The van der Waals surface area contributed by atoms with Crippen molar-refractivity contribution in [2.75, 3.05) is 13.2 Å². The summed E-state index contributed by atoms with van der Waals surface area (Å²) in [5, 5.41) is 16.2. The van der Waals surface area contributed by atoms with Crippen molar-refractivity contribution >= 4 is 17.2 Å². The number of hydrogen-bond acceptors (Lipinski definition) is 5. The first-order valence-electron chi connectivity index (χ1n) is 8.57. The third-order valence-corrected chi connectivity index (χ3v) is 5.38. The molecule has 23 heavy (non-hydrogen) atoms. The van der Waals surface area contributed by atoms with E-state index in [0.717, 1.165) is 36.4 Å². The molecular weight excluding hydrogens is 312 g/mol. The Kier molecular flexibility index (Phi) is 6.99. The summed E-state index contributed by atoms with van der Waals surface area (Å²) in [5.41, 5.74) is 0.0324. The van der Waals surface area contributed by atoms with Crippen molar-refractivity contribution in [3.05, 3.63) is 16.1 Å². The van der Waals surface area contributed by atoms with Gasteiger partial charge in [-0.3, -0.25) is 4.79 Å². The molecule has 1 amide bonds. The standard InChI is InChI=1S/C17H28N2O3S/c1-3-22-13(2)16-19-14(11-23-16)10-15(20)18-12-17(21)8-6-4-5-7-9-17/h11,13,21H,3-10,12H2,1-2H3,(H,18,20). The highest BCUT2D eigenvalue weighted by atomic mass is 32.1. The number of hydrogen-bond donors (Lipinski definition) is 2.